The van der Waals surface area contributed by atoms with Crippen molar-refractivity contribution in [1.82, 2.24) is 4.90 Å². The van der Waals surface area contributed by atoms with Crippen LogP contribution in [-0.2, 0) is 6.42 Å². The molecule has 1 unspecified atom stereocenters. The molecule has 0 amide bonds. The molecule has 2 rings (SSSR count). The lowest BCUT2D eigenvalue weighted by Crippen LogP contribution is -2.42. The fourth-order valence-corrected chi connectivity index (χ4v) is 3.47. The Morgan fingerprint density at radius 3 is 2.62 bits per heavy atom. The smallest absolute Gasteiger partial charge is 0.0377 e. The number of likely N-dealkylation sites (tertiary alicyclic amines) is 1. The third-order valence-electron chi connectivity index (χ3n) is 4.69. The van der Waals surface area contributed by atoms with Crippen molar-refractivity contribution in [1.29, 1.82) is 0 Å². The van der Waals surface area contributed by atoms with E-state index >= 15 is 0 Å². The number of halogens is 1. The second kappa shape index (κ2) is 7.61. The van der Waals surface area contributed by atoms with Crippen LogP contribution in [0.3, 0.4) is 0 Å². The fraction of sp³-hybridized carbons (Fsp3) is 0.647. The van der Waals surface area contributed by atoms with Gasteiger partial charge in [0, 0.05) is 29.3 Å². The summed E-state index contributed by atoms with van der Waals surface area (Å²) >= 11 is 3.72. The zero-order valence-electron chi connectivity index (χ0n) is 13.5. The summed E-state index contributed by atoms with van der Waals surface area (Å²) in [6, 6.07) is 7.60. The molecule has 0 bridgehead atoms. The molecule has 0 radical (unpaired) electrons. The molecule has 1 atom stereocenters. The average molecular weight is 354 g/mol. The van der Waals surface area contributed by atoms with Crippen molar-refractivity contribution in [3.8, 4) is 0 Å². The third kappa shape index (κ3) is 4.44. The van der Waals surface area contributed by atoms with E-state index in [9.17, 15) is 0 Å². The fourth-order valence-electron chi connectivity index (χ4n) is 2.94. The highest BCUT2D eigenvalue weighted by Crippen LogP contribution is 2.28. The quantitative estimate of drug-likeness (QED) is 0.881. The topological polar surface area (TPSA) is 32.5 Å². The Hall–Kier alpha value is -0.580. The van der Waals surface area contributed by atoms with E-state index in [1.165, 1.54) is 41.7 Å². The molecule has 0 spiro atoms. The van der Waals surface area contributed by atoms with Gasteiger partial charge in [-0.3, -0.25) is 0 Å². The predicted octanol–water partition coefficient (Wildman–Crippen LogP) is 3.26. The van der Waals surface area contributed by atoms with Crippen molar-refractivity contribution in [2.75, 3.05) is 32.1 Å². The van der Waals surface area contributed by atoms with E-state index in [4.69, 9.17) is 5.73 Å². The van der Waals surface area contributed by atoms with Crippen molar-refractivity contribution in [3.05, 3.63) is 28.2 Å². The maximum Gasteiger partial charge on any atom is 0.0377 e. The van der Waals surface area contributed by atoms with Gasteiger partial charge in [-0.25, -0.2) is 0 Å². The summed E-state index contributed by atoms with van der Waals surface area (Å²) in [4.78, 5) is 4.84. The monoisotopic (exact) mass is 353 g/mol. The van der Waals surface area contributed by atoms with Gasteiger partial charge < -0.3 is 15.5 Å². The largest absolute Gasteiger partial charge is 0.371 e. The van der Waals surface area contributed by atoms with Crippen molar-refractivity contribution in [3.63, 3.8) is 0 Å². The predicted molar refractivity (Wildman–Crippen MR) is 95.0 cm³/mol. The van der Waals surface area contributed by atoms with E-state index in [1.54, 1.807) is 0 Å². The van der Waals surface area contributed by atoms with Crippen molar-refractivity contribution < 1.29 is 0 Å². The number of piperidine rings is 1. The molecule has 3 nitrogen and oxygen atoms in total. The van der Waals surface area contributed by atoms with E-state index in [-0.39, 0.29) is 6.04 Å². The number of hydrogen-bond donors (Lipinski definition) is 1. The molecule has 1 aromatic carbocycles. The van der Waals surface area contributed by atoms with Crippen LogP contribution in [0.25, 0.3) is 0 Å². The Bertz CT molecular complexity index is 455. The highest BCUT2D eigenvalue weighted by atomic mass is 79.9. The molecule has 21 heavy (non-hydrogen) atoms. The zero-order chi connectivity index (χ0) is 15.4. The van der Waals surface area contributed by atoms with Crippen LogP contribution in [0.5, 0.6) is 0 Å². The van der Waals surface area contributed by atoms with Gasteiger partial charge in [0.05, 0.1) is 0 Å². The van der Waals surface area contributed by atoms with Gasteiger partial charge in [0.25, 0.3) is 0 Å². The molecular weight excluding hydrogens is 326 g/mol. The summed E-state index contributed by atoms with van der Waals surface area (Å²) in [6.45, 7) is 4.53. The standard InChI is InChI=1S/C17H28BrN3/c1-4-14(19)11-13-5-6-16(12-17(13)18)21(3)15-7-9-20(2)10-8-15/h5-6,12,14-15H,4,7-11,19H2,1-3H3. The molecular formula is C17H28BrN3. The van der Waals surface area contributed by atoms with E-state index in [2.05, 4.69) is 64.9 Å². The maximum absolute atomic E-state index is 6.07. The van der Waals surface area contributed by atoms with Crippen molar-refractivity contribution >= 4 is 21.6 Å². The third-order valence-corrected chi connectivity index (χ3v) is 5.42. The van der Waals surface area contributed by atoms with Crippen LogP contribution in [-0.4, -0.2) is 44.2 Å². The van der Waals surface area contributed by atoms with Gasteiger partial charge in [-0.2, -0.15) is 0 Å². The SMILES string of the molecule is CCC(N)Cc1ccc(N(C)C2CCN(C)CC2)cc1Br. The highest BCUT2D eigenvalue weighted by Gasteiger charge is 2.21. The van der Waals surface area contributed by atoms with Crippen molar-refractivity contribution in [2.24, 2.45) is 5.73 Å². The summed E-state index contributed by atoms with van der Waals surface area (Å²) < 4.78 is 1.18. The minimum atomic E-state index is 0.249. The first-order valence-corrected chi connectivity index (χ1v) is 8.76. The second-order valence-electron chi connectivity index (χ2n) is 6.29. The van der Waals surface area contributed by atoms with Crippen LogP contribution in [0.15, 0.2) is 22.7 Å². The Balaban J connectivity index is 2.05. The van der Waals surface area contributed by atoms with Gasteiger partial charge in [0.2, 0.25) is 0 Å². The molecule has 118 valence electrons. The lowest BCUT2D eigenvalue weighted by Gasteiger charge is -2.36. The minimum Gasteiger partial charge on any atom is -0.371 e. The molecule has 1 aromatic rings. The van der Waals surface area contributed by atoms with Gasteiger partial charge >= 0.3 is 0 Å². The number of hydrogen-bond acceptors (Lipinski definition) is 3. The van der Waals surface area contributed by atoms with Crippen molar-refractivity contribution in [2.45, 2.75) is 44.7 Å². The first kappa shape index (κ1) is 16.8. The highest BCUT2D eigenvalue weighted by molar-refractivity contribution is 9.10. The molecule has 1 fully saturated rings. The summed E-state index contributed by atoms with van der Waals surface area (Å²) in [5, 5.41) is 0. The van der Waals surface area contributed by atoms with Crippen LogP contribution < -0.4 is 10.6 Å². The van der Waals surface area contributed by atoms with Gasteiger partial charge in [0.15, 0.2) is 0 Å². The Labute approximate surface area is 137 Å². The first-order chi connectivity index (χ1) is 10.0. The van der Waals surface area contributed by atoms with Gasteiger partial charge in [-0.05, 0) is 63.5 Å². The lowest BCUT2D eigenvalue weighted by atomic mass is 10.0. The zero-order valence-corrected chi connectivity index (χ0v) is 15.1. The number of nitrogens with two attached hydrogens (primary N) is 1. The van der Waals surface area contributed by atoms with Gasteiger partial charge in [-0.1, -0.05) is 28.9 Å². The summed E-state index contributed by atoms with van der Waals surface area (Å²) in [5.74, 6) is 0. The molecule has 0 aliphatic carbocycles. The number of nitrogens with zero attached hydrogens (tertiary/aromatic N) is 2. The Morgan fingerprint density at radius 1 is 1.38 bits per heavy atom. The van der Waals surface area contributed by atoms with Gasteiger partial charge in [0.1, 0.15) is 0 Å². The Kier molecular flexibility index (Phi) is 6.08. The molecule has 0 saturated carbocycles. The van der Waals surface area contributed by atoms with Crippen LogP contribution in [0.2, 0.25) is 0 Å². The number of anilines is 1. The number of benzene rings is 1. The Morgan fingerprint density at radius 2 is 2.05 bits per heavy atom. The number of rotatable bonds is 5. The first-order valence-electron chi connectivity index (χ1n) is 7.96. The van der Waals surface area contributed by atoms with E-state index in [0.29, 0.717) is 6.04 Å². The molecule has 1 aliphatic heterocycles. The van der Waals surface area contributed by atoms with E-state index in [1.807, 2.05) is 0 Å². The molecule has 1 aliphatic rings. The van der Waals surface area contributed by atoms with Gasteiger partial charge in [-0.15, -0.1) is 0 Å². The summed E-state index contributed by atoms with van der Waals surface area (Å²) in [7, 11) is 4.42. The summed E-state index contributed by atoms with van der Waals surface area (Å²) in [5.41, 5.74) is 8.67. The normalized spacial score (nSPS) is 18.7. The minimum absolute atomic E-state index is 0.249. The summed E-state index contributed by atoms with van der Waals surface area (Å²) in [6.07, 6.45) is 4.44. The van der Waals surface area contributed by atoms with E-state index < -0.39 is 0 Å². The molecule has 1 heterocycles. The average Bonchev–Trinajstić information content (AvgIpc) is 2.49. The molecule has 2 N–H and O–H groups in total. The molecule has 1 saturated heterocycles. The van der Waals surface area contributed by atoms with Crippen LogP contribution in [0.4, 0.5) is 5.69 Å². The van der Waals surface area contributed by atoms with E-state index in [0.717, 1.165) is 12.8 Å². The molecule has 0 aromatic heterocycles. The molecule has 4 heteroatoms. The lowest BCUT2D eigenvalue weighted by molar-refractivity contribution is 0.253. The van der Waals surface area contributed by atoms with Crippen LogP contribution >= 0.6 is 15.9 Å². The van der Waals surface area contributed by atoms with Crippen LogP contribution in [0.1, 0.15) is 31.7 Å². The van der Waals surface area contributed by atoms with Crippen LogP contribution in [0, 0.1) is 0 Å². The maximum atomic E-state index is 6.07. The second-order valence-corrected chi connectivity index (χ2v) is 7.15.